The first kappa shape index (κ1) is 14.4. The molecule has 1 rings (SSSR count). The van der Waals surface area contributed by atoms with E-state index in [-0.39, 0.29) is 0 Å². The topological polar surface area (TPSA) is 0 Å². The summed E-state index contributed by atoms with van der Waals surface area (Å²) in [6.45, 7) is 12.0. The van der Waals surface area contributed by atoms with E-state index < -0.39 is 0 Å². The minimum Gasteiger partial charge on any atom is -0.165 e. The van der Waals surface area contributed by atoms with Crippen molar-refractivity contribution in [2.45, 2.75) is 53.9 Å². The van der Waals surface area contributed by atoms with Crippen LogP contribution in [0.5, 0.6) is 0 Å². The van der Waals surface area contributed by atoms with Gasteiger partial charge in [0, 0.05) is 0 Å². The van der Waals surface area contributed by atoms with E-state index in [1.165, 1.54) is 25.0 Å². The van der Waals surface area contributed by atoms with E-state index in [0.717, 1.165) is 23.7 Å². The SMILES string of the molecule is CSCC1CC(C(C)(C)C)C1CCC(C)C. The van der Waals surface area contributed by atoms with Crippen LogP contribution in [0, 0.1) is 29.1 Å². The average Bonchev–Trinajstić information content (AvgIpc) is 2.09. The summed E-state index contributed by atoms with van der Waals surface area (Å²) in [5.74, 6) is 5.25. The predicted octanol–water partition coefficient (Wildman–Crippen LogP) is 5.08. The Morgan fingerprint density at radius 2 is 1.88 bits per heavy atom. The van der Waals surface area contributed by atoms with Crippen LogP contribution in [0.25, 0.3) is 0 Å². The van der Waals surface area contributed by atoms with Crippen LogP contribution in [0.2, 0.25) is 0 Å². The Kier molecular flexibility index (Phi) is 5.22. The van der Waals surface area contributed by atoms with Crippen LogP contribution in [-0.2, 0) is 0 Å². The lowest BCUT2D eigenvalue weighted by Gasteiger charge is -2.52. The summed E-state index contributed by atoms with van der Waals surface area (Å²) >= 11 is 2.04. The second kappa shape index (κ2) is 5.80. The molecule has 0 bridgehead atoms. The lowest BCUT2D eigenvalue weighted by atomic mass is 9.55. The molecule has 16 heavy (non-hydrogen) atoms. The third-order valence-electron chi connectivity index (χ3n) is 4.25. The fourth-order valence-corrected chi connectivity index (χ4v) is 3.98. The Labute approximate surface area is 107 Å². The van der Waals surface area contributed by atoms with Gasteiger partial charge >= 0.3 is 0 Å². The molecule has 3 atom stereocenters. The van der Waals surface area contributed by atoms with Crippen LogP contribution in [0.4, 0.5) is 0 Å². The number of rotatable bonds is 5. The highest BCUT2D eigenvalue weighted by molar-refractivity contribution is 7.98. The highest BCUT2D eigenvalue weighted by Crippen LogP contribution is 2.52. The fourth-order valence-electron chi connectivity index (χ4n) is 3.17. The smallest absolute Gasteiger partial charge is 0.00390 e. The molecule has 1 heteroatoms. The zero-order chi connectivity index (χ0) is 12.3. The highest BCUT2D eigenvalue weighted by Gasteiger charge is 2.45. The van der Waals surface area contributed by atoms with Gasteiger partial charge in [-0.25, -0.2) is 0 Å². The Balaban J connectivity index is 2.49. The summed E-state index contributed by atoms with van der Waals surface area (Å²) in [7, 11) is 0. The summed E-state index contributed by atoms with van der Waals surface area (Å²) in [6.07, 6.45) is 6.62. The van der Waals surface area contributed by atoms with Gasteiger partial charge in [-0.05, 0) is 53.9 Å². The van der Waals surface area contributed by atoms with Crippen LogP contribution in [0.15, 0.2) is 0 Å². The van der Waals surface area contributed by atoms with Crippen molar-refractivity contribution in [3.05, 3.63) is 0 Å². The second-order valence-electron chi connectivity index (χ2n) is 7.06. The molecule has 0 heterocycles. The van der Waals surface area contributed by atoms with Crippen LogP contribution < -0.4 is 0 Å². The molecule has 0 aromatic rings. The molecule has 0 N–H and O–H groups in total. The van der Waals surface area contributed by atoms with Crippen LogP contribution >= 0.6 is 11.8 Å². The van der Waals surface area contributed by atoms with Gasteiger partial charge in [0.15, 0.2) is 0 Å². The summed E-state index contributed by atoms with van der Waals surface area (Å²) in [5.41, 5.74) is 0.524. The largest absolute Gasteiger partial charge is 0.165 e. The molecule has 1 fully saturated rings. The van der Waals surface area contributed by atoms with Gasteiger partial charge in [-0.2, -0.15) is 11.8 Å². The lowest BCUT2D eigenvalue weighted by molar-refractivity contribution is -0.00786. The van der Waals surface area contributed by atoms with Crippen LogP contribution in [-0.4, -0.2) is 12.0 Å². The monoisotopic (exact) mass is 242 g/mol. The molecule has 0 spiro atoms. The maximum absolute atomic E-state index is 2.43. The third-order valence-corrected chi connectivity index (χ3v) is 5.01. The van der Waals surface area contributed by atoms with Crippen molar-refractivity contribution >= 4 is 11.8 Å². The van der Waals surface area contributed by atoms with Crippen LogP contribution in [0.3, 0.4) is 0 Å². The minimum atomic E-state index is 0.524. The van der Waals surface area contributed by atoms with Crippen molar-refractivity contribution in [2.75, 3.05) is 12.0 Å². The van der Waals surface area contributed by atoms with Gasteiger partial charge in [-0.3, -0.25) is 0 Å². The van der Waals surface area contributed by atoms with Crippen molar-refractivity contribution in [3.63, 3.8) is 0 Å². The van der Waals surface area contributed by atoms with Gasteiger partial charge in [-0.1, -0.05) is 41.0 Å². The first-order valence-electron chi connectivity index (χ1n) is 6.85. The number of hydrogen-bond donors (Lipinski definition) is 0. The first-order valence-corrected chi connectivity index (χ1v) is 8.24. The normalized spacial score (nSPS) is 30.6. The Bertz CT molecular complexity index is 202. The second-order valence-corrected chi connectivity index (χ2v) is 7.97. The first-order chi connectivity index (χ1) is 7.36. The summed E-state index contributed by atoms with van der Waals surface area (Å²) in [6, 6.07) is 0. The molecule has 1 aliphatic carbocycles. The molecule has 0 aromatic carbocycles. The van der Waals surface area contributed by atoms with Gasteiger partial charge in [0.25, 0.3) is 0 Å². The molecular weight excluding hydrogens is 212 g/mol. The zero-order valence-electron chi connectivity index (χ0n) is 12.0. The minimum absolute atomic E-state index is 0.524. The van der Waals surface area contributed by atoms with Crippen molar-refractivity contribution in [3.8, 4) is 0 Å². The molecule has 1 aliphatic rings. The third kappa shape index (κ3) is 3.68. The van der Waals surface area contributed by atoms with E-state index in [4.69, 9.17) is 0 Å². The molecule has 0 aromatic heterocycles. The van der Waals surface area contributed by atoms with Gasteiger partial charge in [0.2, 0.25) is 0 Å². The van der Waals surface area contributed by atoms with E-state index in [9.17, 15) is 0 Å². The van der Waals surface area contributed by atoms with Crippen LogP contribution in [0.1, 0.15) is 53.9 Å². The quantitative estimate of drug-likeness (QED) is 0.647. The highest BCUT2D eigenvalue weighted by atomic mass is 32.2. The number of hydrogen-bond acceptors (Lipinski definition) is 1. The fraction of sp³-hybridized carbons (Fsp3) is 1.00. The van der Waals surface area contributed by atoms with E-state index in [2.05, 4.69) is 40.9 Å². The molecule has 3 unspecified atom stereocenters. The molecule has 0 saturated heterocycles. The predicted molar refractivity (Wildman–Crippen MR) is 77.0 cm³/mol. The Hall–Kier alpha value is 0.350. The molecule has 0 aliphatic heterocycles. The van der Waals surface area contributed by atoms with Gasteiger partial charge in [0.05, 0.1) is 0 Å². The van der Waals surface area contributed by atoms with Crippen molar-refractivity contribution in [2.24, 2.45) is 29.1 Å². The summed E-state index contributed by atoms with van der Waals surface area (Å²) in [5, 5.41) is 0. The van der Waals surface area contributed by atoms with Crippen molar-refractivity contribution in [1.29, 1.82) is 0 Å². The Morgan fingerprint density at radius 1 is 1.25 bits per heavy atom. The maximum atomic E-state index is 2.43. The molecule has 0 amide bonds. The summed E-state index contributed by atoms with van der Waals surface area (Å²) in [4.78, 5) is 0. The van der Waals surface area contributed by atoms with Gasteiger partial charge < -0.3 is 0 Å². The molecular formula is C15H30S. The summed E-state index contributed by atoms with van der Waals surface area (Å²) < 4.78 is 0. The van der Waals surface area contributed by atoms with Gasteiger partial charge in [0.1, 0.15) is 0 Å². The molecule has 0 radical (unpaired) electrons. The van der Waals surface area contributed by atoms with E-state index >= 15 is 0 Å². The van der Waals surface area contributed by atoms with E-state index in [1.807, 2.05) is 11.8 Å². The number of thioether (sulfide) groups is 1. The lowest BCUT2D eigenvalue weighted by Crippen LogP contribution is -2.45. The zero-order valence-corrected chi connectivity index (χ0v) is 12.9. The van der Waals surface area contributed by atoms with Gasteiger partial charge in [-0.15, -0.1) is 0 Å². The van der Waals surface area contributed by atoms with Crippen molar-refractivity contribution in [1.82, 2.24) is 0 Å². The molecule has 0 nitrogen and oxygen atoms in total. The van der Waals surface area contributed by atoms with E-state index in [0.29, 0.717) is 5.41 Å². The standard InChI is InChI=1S/C15H30S/c1-11(2)7-8-13-12(10-16-6)9-14(13)15(3,4)5/h11-14H,7-10H2,1-6H3. The Morgan fingerprint density at radius 3 is 2.31 bits per heavy atom. The molecule has 96 valence electrons. The van der Waals surface area contributed by atoms with E-state index in [1.54, 1.807) is 0 Å². The van der Waals surface area contributed by atoms with Crippen molar-refractivity contribution < 1.29 is 0 Å². The maximum Gasteiger partial charge on any atom is -0.00390 e. The molecule has 1 saturated carbocycles. The average molecular weight is 242 g/mol.